The molecule has 1 heterocycles. The summed E-state index contributed by atoms with van der Waals surface area (Å²) in [6.45, 7) is 3.68. The largest absolute Gasteiger partial charge is 0.448 e. The fourth-order valence-corrected chi connectivity index (χ4v) is 4.45. The van der Waals surface area contributed by atoms with Gasteiger partial charge in [-0.15, -0.1) is 11.3 Å². The van der Waals surface area contributed by atoms with Crippen LogP contribution in [0.25, 0.3) is 0 Å². The van der Waals surface area contributed by atoms with Gasteiger partial charge in [-0.05, 0) is 61.9 Å². The lowest BCUT2D eigenvalue weighted by molar-refractivity contribution is -0.123. The van der Waals surface area contributed by atoms with Gasteiger partial charge in [0.05, 0.1) is 10.7 Å². The lowest BCUT2D eigenvalue weighted by Gasteiger charge is -2.19. The van der Waals surface area contributed by atoms with Crippen molar-refractivity contribution < 1.29 is 18.7 Å². The summed E-state index contributed by atoms with van der Waals surface area (Å²) in [6, 6.07) is 5.55. The molecule has 0 aliphatic heterocycles. The Morgan fingerprint density at radius 1 is 1.41 bits per heavy atom. The van der Waals surface area contributed by atoms with E-state index < -0.39 is 23.8 Å². The first-order chi connectivity index (χ1) is 12.9. The Bertz CT molecular complexity index is 867. The van der Waals surface area contributed by atoms with Gasteiger partial charge in [0, 0.05) is 4.88 Å². The third kappa shape index (κ3) is 4.68. The summed E-state index contributed by atoms with van der Waals surface area (Å²) in [4.78, 5) is 26.4. The molecule has 4 nitrogen and oxygen atoms in total. The molecule has 7 heteroatoms. The standard InChI is InChI=1S/C20H21ClFNO3S/c1-3-12-4-7-17-13(8-12)9-18(27-17)20(25)26-11(2)19(24)23-16-6-5-14(22)10-15(16)21/h5-6,9-12H,3-4,7-8H2,1-2H3,(H,23,24)/t11-,12+/m0/s1. The van der Waals surface area contributed by atoms with Gasteiger partial charge in [0.25, 0.3) is 5.91 Å². The normalized spacial score (nSPS) is 17.1. The average Bonchev–Trinajstić information content (AvgIpc) is 3.07. The van der Waals surface area contributed by atoms with Crippen LogP contribution in [0.15, 0.2) is 24.3 Å². The van der Waals surface area contributed by atoms with Crippen molar-refractivity contribution in [2.75, 3.05) is 5.32 Å². The number of rotatable bonds is 5. The maximum Gasteiger partial charge on any atom is 0.349 e. The van der Waals surface area contributed by atoms with Gasteiger partial charge in [0.1, 0.15) is 10.7 Å². The van der Waals surface area contributed by atoms with Crippen molar-refractivity contribution in [2.24, 2.45) is 5.92 Å². The van der Waals surface area contributed by atoms with Gasteiger partial charge in [0.15, 0.2) is 6.10 Å². The van der Waals surface area contributed by atoms with Gasteiger partial charge in [0.2, 0.25) is 0 Å². The summed E-state index contributed by atoms with van der Waals surface area (Å²) in [5, 5.41) is 2.63. The fourth-order valence-electron chi connectivity index (χ4n) is 3.15. The fraction of sp³-hybridized carbons (Fsp3) is 0.400. The van der Waals surface area contributed by atoms with Gasteiger partial charge in [-0.3, -0.25) is 4.79 Å². The van der Waals surface area contributed by atoms with Crippen LogP contribution in [0.2, 0.25) is 5.02 Å². The second kappa shape index (κ2) is 8.40. The van der Waals surface area contributed by atoms with Crippen molar-refractivity contribution in [3.63, 3.8) is 0 Å². The highest BCUT2D eigenvalue weighted by atomic mass is 35.5. The summed E-state index contributed by atoms with van der Waals surface area (Å²) >= 11 is 7.35. The van der Waals surface area contributed by atoms with Gasteiger partial charge in [-0.1, -0.05) is 24.9 Å². The average molecular weight is 410 g/mol. The van der Waals surface area contributed by atoms with Crippen LogP contribution in [0.3, 0.4) is 0 Å². The Kier molecular flexibility index (Phi) is 6.17. The van der Waals surface area contributed by atoms with Crippen LogP contribution in [-0.4, -0.2) is 18.0 Å². The van der Waals surface area contributed by atoms with Gasteiger partial charge >= 0.3 is 5.97 Å². The molecule has 3 rings (SSSR count). The number of esters is 1. The van der Waals surface area contributed by atoms with Crippen LogP contribution in [0, 0.1) is 11.7 Å². The number of fused-ring (bicyclic) bond motifs is 1. The molecule has 1 aliphatic rings. The van der Waals surface area contributed by atoms with Crippen LogP contribution in [0.1, 0.15) is 46.8 Å². The van der Waals surface area contributed by atoms with E-state index in [1.807, 2.05) is 6.07 Å². The van der Waals surface area contributed by atoms with E-state index in [1.54, 1.807) is 0 Å². The van der Waals surface area contributed by atoms with Crippen molar-refractivity contribution in [1.82, 2.24) is 0 Å². The van der Waals surface area contributed by atoms with E-state index in [0.717, 1.165) is 31.7 Å². The van der Waals surface area contributed by atoms with Crippen LogP contribution in [0.5, 0.6) is 0 Å². The maximum atomic E-state index is 13.1. The zero-order chi connectivity index (χ0) is 19.6. The van der Waals surface area contributed by atoms with Crippen LogP contribution in [0.4, 0.5) is 10.1 Å². The molecule has 0 spiro atoms. The van der Waals surface area contributed by atoms with Crippen LogP contribution in [-0.2, 0) is 22.4 Å². The summed E-state index contributed by atoms with van der Waals surface area (Å²) < 4.78 is 18.4. The molecule has 2 atom stereocenters. The quantitative estimate of drug-likeness (QED) is 0.687. The van der Waals surface area contributed by atoms with Crippen molar-refractivity contribution >= 4 is 40.5 Å². The Morgan fingerprint density at radius 2 is 2.19 bits per heavy atom. The number of hydrogen-bond donors (Lipinski definition) is 1. The Morgan fingerprint density at radius 3 is 2.89 bits per heavy atom. The van der Waals surface area contributed by atoms with E-state index in [-0.39, 0.29) is 10.7 Å². The molecule has 0 bridgehead atoms. The molecular formula is C20H21ClFNO3S. The van der Waals surface area contributed by atoms with Gasteiger partial charge in [-0.25, -0.2) is 9.18 Å². The number of amides is 1. The zero-order valence-corrected chi connectivity index (χ0v) is 16.8. The van der Waals surface area contributed by atoms with E-state index >= 15 is 0 Å². The number of thiophene rings is 1. The molecule has 0 saturated carbocycles. The molecule has 2 aromatic rings. The molecule has 1 amide bonds. The highest BCUT2D eigenvalue weighted by molar-refractivity contribution is 7.14. The van der Waals surface area contributed by atoms with E-state index in [0.29, 0.717) is 10.8 Å². The first kappa shape index (κ1) is 19.8. The number of aryl methyl sites for hydroxylation is 1. The van der Waals surface area contributed by atoms with Gasteiger partial charge in [-0.2, -0.15) is 0 Å². The van der Waals surface area contributed by atoms with Crippen molar-refractivity contribution in [2.45, 2.75) is 45.6 Å². The Labute approximate surface area is 166 Å². The van der Waals surface area contributed by atoms with E-state index in [9.17, 15) is 14.0 Å². The number of nitrogens with one attached hydrogen (secondary N) is 1. The van der Waals surface area contributed by atoms with E-state index in [2.05, 4.69) is 12.2 Å². The molecule has 0 fully saturated rings. The number of hydrogen-bond acceptors (Lipinski definition) is 4. The molecule has 27 heavy (non-hydrogen) atoms. The minimum absolute atomic E-state index is 0.0817. The van der Waals surface area contributed by atoms with Crippen molar-refractivity contribution in [3.05, 3.63) is 50.4 Å². The molecule has 0 unspecified atom stereocenters. The summed E-state index contributed by atoms with van der Waals surface area (Å²) in [6.07, 6.45) is 3.27. The molecular weight excluding hydrogens is 389 g/mol. The molecule has 1 aromatic carbocycles. The molecule has 0 saturated heterocycles. The van der Waals surface area contributed by atoms with Crippen LogP contribution >= 0.6 is 22.9 Å². The predicted octanol–water partition coefficient (Wildman–Crippen LogP) is 5.24. The molecule has 1 aromatic heterocycles. The minimum atomic E-state index is -0.999. The molecule has 1 N–H and O–H groups in total. The van der Waals surface area contributed by atoms with E-state index in [4.69, 9.17) is 16.3 Å². The first-order valence-corrected chi connectivity index (χ1v) is 10.1. The lowest BCUT2D eigenvalue weighted by Crippen LogP contribution is -2.29. The summed E-state index contributed by atoms with van der Waals surface area (Å²) in [5.41, 5.74) is 1.49. The molecule has 0 radical (unpaired) electrons. The van der Waals surface area contributed by atoms with Crippen molar-refractivity contribution in [1.29, 1.82) is 0 Å². The zero-order valence-electron chi connectivity index (χ0n) is 15.2. The Hall–Kier alpha value is -1.92. The van der Waals surface area contributed by atoms with Crippen LogP contribution < -0.4 is 5.32 Å². The summed E-state index contributed by atoms with van der Waals surface area (Å²) in [7, 11) is 0. The van der Waals surface area contributed by atoms with E-state index in [1.165, 1.54) is 40.8 Å². The lowest BCUT2D eigenvalue weighted by atomic mass is 9.87. The highest BCUT2D eigenvalue weighted by Gasteiger charge is 2.25. The smallest absolute Gasteiger partial charge is 0.349 e. The SMILES string of the molecule is CC[C@@H]1CCc2sc(C(=O)O[C@@H](C)C(=O)Nc3ccc(F)cc3Cl)cc2C1. The number of carbonyl (C=O) groups is 2. The Balaban J connectivity index is 1.62. The third-order valence-corrected chi connectivity index (χ3v) is 6.34. The number of anilines is 1. The molecule has 144 valence electrons. The maximum absolute atomic E-state index is 13.1. The second-order valence-corrected chi connectivity index (χ2v) is 8.28. The number of halogens is 2. The highest BCUT2D eigenvalue weighted by Crippen LogP contribution is 2.34. The predicted molar refractivity (Wildman–Crippen MR) is 105 cm³/mol. The molecule has 1 aliphatic carbocycles. The monoisotopic (exact) mass is 409 g/mol. The third-order valence-electron chi connectivity index (χ3n) is 4.81. The van der Waals surface area contributed by atoms with Gasteiger partial charge < -0.3 is 10.1 Å². The minimum Gasteiger partial charge on any atom is -0.448 e. The summed E-state index contributed by atoms with van der Waals surface area (Å²) in [5.74, 6) is -0.856. The second-order valence-electron chi connectivity index (χ2n) is 6.74. The first-order valence-electron chi connectivity index (χ1n) is 8.95. The number of ether oxygens (including phenoxy) is 1. The topological polar surface area (TPSA) is 55.4 Å². The van der Waals surface area contributed by atoms with Crippen molar-refractivity contribution in [3.8, 4) is 0 Å². The number of carbonyl (C=O) groups excluding carboxylic acids is 2. The number of benzene rings is 1.